The summed E-state index contributed by atoms with van der Waals surface area (Å²) >= 11 is 0. The van der Waals surface area contributed by atoms with Crippen LogP contribution in [0, 0.1) is 18.3 Å². The zero-order valence-corrected chi connectivity index (χ0v) is 12.8. The van der Waals surface area contributed by atoms with Crippen molar-refractivity contribution in [3.63, 3.8) is 0 Å². The van der Waals surface area contributed by atoms with E-state index in [1.54, 1.807) is 6.07 Å². The molecular formula is C18H21NO. The van der Waals surface area contributed by atoms with Crippen LogP contribution in [0.25, 0.3) is 21.9 Å². The summed E-state index contributed by atoms with van der Waals surface area (Å²) in [6.45, 7) is 10.0. The maximum Gasteiger partial charge on any atom is 0.138 e. The Labute approximate surface area is 120 Å². The Morgan fingerprint density at radius 1 is 0.950 bits per heavy atom. The topological polar surface area (TPSA) is 36.9 Å². The van der Waals surface area contributed by atoms with E-state index in [4.69, 9.17) is 9.68 Å². The van der Waals surface area contributed by atoms with Crippen LogP contribution in [0.1, 0.15) is 38.8 Å². The summed E-state index contributed by atoms with van der Waals surface area (Å²) in [4.78, 5) is 0. The fourth-order valence-electron chi connectivity index (χ4n) is 2.01. The van der Waals surface area contributed by atoms with Crippen molar-refractivity contribution in [3.05, 3.63) is 47.5 Å². The zero-order valence-electron chi connectivity index (χ0n) is 12.8. The minimum Gasteiger partial charge on any atom is -0.456 e. The second-order valence-corrected chi connectivity index (χ2v) is 3.88. The normalized spacial score (nSPS) is 9.20. The lowest BCUT2D eigenvalue weighted by Crippen LogP contribution is -1.73. The first-order valence-electron chi connectivity index (χ1n) is 7.11. The van der Waals surface area contributed by atoms with Gasteiger partial charge in [0.15, 0.2) is 0 Å². The number of hydrogen-bond donors (Lipinski definition) is 0. The van der Waals surface area contributed by atoms with Gasteiger partial charge in [0, 0.05) is 10.8 Å². The molecule has 0 unspecified atom stereocenters. The zero-order chi connectivity index (χ0) is 15.1. The molecule has 0 fully saturated rings. The van der Waals surface area contributed by atoms with Gasteiger partial charge in [0.2, 0.25) is 0 Å². The quantitative estimate of drug-likeness (QED) is 0.514. The van der Waals surface area contributed by atoms with Gasteiger partial charge in [-0.15, -0.1) is 0 Å². The molecule has 1 aromatic heterocycles. The fraction of sp³-hybridized carbons (Fsp3) is 0.278. The van der Waals surface area contributed by atoms with E-state index in [1.165, 1.54) is 0 Å². The lowest BCUT2D eigenvalue weighted by molar-refractivity contribution is 0.666. The molecule has 0 saturated carbocycles. The Kier molecular flexibility index (Phi) is 5.80. The van der Waals surface area contributed by atoms with Crippen molar-refractivity contribution in [2.24, 2.45) is 0 Å². The van der Waals surface area contributed by atoms with Crippen molar-refractivity contribution < 1.29 is 4.42 Å². The van der Waals surface area contributed by atoms with E-state index in [0.717, 1.165) is 27.5 Å². The second kappa shape index (κ2) is 7.35. The molecule has 0 aliphatic carbocycles. The third kappa shape index (κ3) is 2.83. The van der Waals surface area contributed by atoms with Crippen LogP contribution in [-0.4, -0.2) is 0 Å². The highest BCUT2D eigenvalue weighted by molar-refractivity contribution is 6.06. The Morgan fingerprint density at radius 2 is 1.65 bits per heavy atom. The number of rotatable bonds is 0. The first-order valence-corrected chi connectivity index (χ1v) is 7.11. The van der Waals surface area contributed by atoms with Gasteiger partial charge >= 0.3 is 0 Å². The van der Waals surface area contributed by atoms with Gasteiger partial charge in [-0.25, -0.2) is 0 Å². The molecule has 0 aliphatic rings. The van der Waals surface area contributed by atoms with Crippen molar-refractivity contribution in [1.82, 2.24) is 0 Å². The molecule has 0 bridgehead atoms. The fourth-order valence-corrected chi connectivity index (χ4v) is 2.01. The summed E-state index contributed by atoms with van der Waals surface area (Å²) in [5, 5.41) is 11.0. The molecule has 20 heavy (non-hydrogen) atoms. The maximum absolute atomic E-state index is 8.88. The van der Waals surface area contributed by atoms with E-state index in [1.807, 2.05) is 65.0 Å². The van der Waals surface area contributed by atoms with Crippen LogP contribution in [0.3, 0.4) is 0 Å². The maximum atomic E-state index is 8.88. The number of fused-ring (bicyclic) bond motifs is 3. The molecule has 2 nitrogen and oxygen atoms in total. The highest BCUT2D eigenvalue weighted by Crippen LogP contribution is 2.30. The van der Waals surface area contributed by atoms with E-state index in [2.05, 4.69) is 6.07 Å². The highest BCUT2D eigenvalue weighted by atomic mass is 16.3. The molecule has 0 N–H and O–H groups in total. The molecule has 0 radical (unpaired) electrons. The van der Waals surface area contributed by atoms with Gasteiger partial charge in [-0.3, -0.25) is 0 Å². The van der Waals surface area contributed by atoms with Crippen molar-refractivity contribution in [2.45, 2.75) is 34.6 Å². The van der Waals surface area contributed by atoms with Crippen LogP contribution < -0.4 is 0 Å². The van der Waals surface area contributed by atoms with Crippen molar-refractivity contribution in [3.8, 4) is 6.07 Å². The summed E-state index contributed by atoms with van der Waals surface area (Å²) in [5.74, 6) is 0. The van der Waals surface area contributed by atoms with E-state index in [-0.39, 0.29) is 0 Å². The summed E-state index contributed by atoms with van der Waals surface area (Å²) in [5.41, 5.74) is 3.53. The largest absolute Gasteiger partial charge is 0.456 e. The van der Waals surface area contributed by atoms with Crippen LogP contribution in [-0.2, 0) is 0 Å². The van der Waals surface area contributed by atoms with E-state index >= 15 is 0 Å². The van der Waals surface area contributed by atoms with Gasteiger partial charge in [-0.2, -0.15) is 5.26 Å². The van der Waals surface area contributed by atoms with Crippen LogP contribution >= 0.6 is 0 Å². The molecule has 2 aromatic carbocycles. The molecule has 0 aliphatic heterocycles. The van der Waals surface area contributed by atoms with E-state index in [0.29, 0.717) is 5.56 Å². The Hall–Kier alpha value is -2.27. The first-order chi connectivity index (χ1) is 9.79. The molecule has 2 heteroatoms. The summed E-state index contributed by atoms with van der Waals surface area (Å²) < 4.78 is 5.77. The van der Waals surface area contributed by atoms with Gasteiger partial charge in [-0.05, 0) is 30.7 Å². The van der Waals surface area contributed by atoms with Crippen molar-refractivity contribution in [1.29, 1.82) is 5.26 Å². The average molecular weight is 267 g/mol. The van der Waals surface area contributed by atoms with Crippen LogP contribution in [0.4, 0.5) is 0 Å². The molecule has 0 atom stereocenters. The van der Waals surface area contributed by atoms with Crippen molar-refractivity contribution >= 4 is 21.9 Å². The standard InChI is InChI=1S/C14H9NO.2C2H6/c1-9-3-2-4-11-12-7-10(8-15)5-6-13(12)16-14(9)11;2*1-2/h2-7H,1H3;2*1-2H3. The lowest BCUT2D eigenvalue weighted by Gasteiger charge is -1.92. The Morgan fingerprint density at radius 3 is 2.30 bits per heavy atom. The average Bonchev–Trinajstić information content (AvgIpc) is 2.90. The molecule has 1 heterocycles. The molecule has 0 amide bonds. The van der Waals surface area contributed by atoms with Gasteiger partial charge in [-0.1, -0.05) is 45.9 Å². The molecule has 3 aromatic rings. The predicted molar refractivity (Wildman–Crippen MR) is 85.9 cm³/mol. The monoisotopic (exact) mass is 267 g/mol. The minimum absolute atomic E-state index is 0.664. The highest BCUT2D eigenvalue weighted by Gasteiger charge is 2.08. The summed E-state index contributed by atoms with van der Waals surface area (Å²) in [6.07, 6.45) is 0. The summed E-state index contributed by atoms with van der Waals surface area (Å²) in [6, 6.07) is 13.7. The Balaban J connectivity index is 0.000000461. The van der Waals surface area contributed by atoms with Gasteiger partial charge in [0.05, 0.1) is 11.6 Å². The van der Waals surface area contributed by atoms with E-state index < -0.39 is 0 Å². The summed E-state index contributed by atoms with van der Waals surface area (Å²) in [7, 11) is 0. The Bertz CT molecular complexity index is 732. The number of nitrogens with zero attached hydrogens (tertiary/aromatic N) is 1. The SMILES string of the molecule is CC.CC.Cc1cccc2c1oc1ccc(C#N)cc12. The van der Waals surface area contributed by atoms with Crippen molar-refractivity contribution in [2.75, 3.05) is 0 Å². The van der Waals surface area contributed by atoms with Gasteiger partial charge in [0.25, 0.3) is 0 Å². The molecule has 0 saturated heterocycles. The second-order valence-electron chi connectivity index (χ2n) is 3.88. The smallest absolute Gasteiger partial charge is 0.138 e. The van der Waals surface area contributed by atoms with Crippen LogP contribution in [0.15, 0.2) is 40.8 Å². The van der Waals surface area contributed by atoms with Gasteiger partial charge in [0.1, 0.15) is 11.2 Å². The predicted octanol–water partition coefficient (Wildman–Crippen LogP) is 5.82. The number of nitriles is 1. The molecule has 3 rings (SSSR count). The number of benzene rings is 2. The number of hydrogen-bond acceptors (Lipinski definition) is 2. The molecular weight excluding hydrogens is 246 g/mol. The first kappa shape index (κ1) is 15.8. The number of aryl methyl sites for hydroxylation is 1. The van der Waals surface area contributed by atoms with Crippen LogP contribution in [0.2, 0.25) is 0 Å². The van der Waals surface area contributed by atoms with Gasteiger partial charge < -0.3 is 4.42 Å². The van der Waals surface area contributed by atoms with Crippen LogP contribution in [0.5, 0.6) is 0 Å². The third-order valence-corrected chi connectivity index (χ3v) is 2.82. The minimum atomic E-state index is 0.664. The third-order valence-electron chi connectivity index (χ3n) is 2.82. The number of para-hydroxylation sites is 1. The van der Waals surface area contributed by atoms with E-state index in [9.17, 15) is 0 Å². The number of furan rings is 1. The lowest BCUT2D eigenvalue weighted by atomic mass is 10.1. The molecule has 104 valence electrons. The molecule has 0 spiro atoms.